The Morgan fingerprint density at radius 3 is 2.21 bits per heavy atom. The largest absolute Gasteiger partial charge is 0.294 e. The summed E-state index contributed by atoms with van der Waals surface area (Å²) in [4.78, 5) is 11.8. The molecular weight excluding hydrogens is 172 g/mol. The molecule has 74 valence electrons. The number of ketones is 1. The van der Waals surface area contributed by atoms with Crippen molar-refractivity contribution in [3.8, 4) is 0 Å². The fraction of sp³-hybridized carbons (Fsp3) is 0.308. The summed E-state index contributed by atoms with van der Waals surface area (Å²) < 4.78 is 0. The van der Waals surface area contributed by atoms with E-state index in [0.717, 1.165) is 11.1 Å². The second kappa shape index (κ2) is 4.23. The molecule has 0 N–H and O–H groups in total. The van der Waals surface area contributed by atoms with Gasteiger partial charge in [0, 0.05) is 11.5 Å². The van der Waals surface area contributed by atoms with Crippen LogP contribution in [0, 0.1) is 12.8 Å². The van der Waals surface area contributed by atoms with Crippen LogP contribution >= 0.6 is 0 Å². The number of carbonyl (C=O) groups is 1. The van der Waals surface area contributed by atoms with Crippen molar-refractivity contribution in [3.05, 3.63) is 47.5 Å². The summed E-state index contributed by atoms with van der Waals surface area (Å²) in [7, 11) is 0. The molecule has 0 aliphatic rings. The van der Waals surface area contributed by atoms with Gasteiger partial charge in [0.05, 0.1) is 0 Å². The molecule has 0 saturated carbocycles. The standard InChI is InChI=1S/C13H16O/c1-9(2)11(4)13(14)12-7-5-10(3)6-8-12/h5-8,11H,1H2,2-4H3. The Labute approximate surface area is 85.5 Å². The highest BCUT2D eigenvalue weighted by atomic mass is 16.1. The SMILES string of the molecule is C=C(C)C(C)C(=O)c1ccc(C)cc1. The van der Waals surface area contributed by atoms with Gasteiger partial charge in [0.25, 0.3) is 0 Å². The average Bonchev–Trinajstić information content (AvgIpc) is 2.16. The van der Waals surface area contributed by atoms with Crippen LogP contribution in [0.3, 0.4) is 0 Å². The van der Waals surface area contributed by atoms with Crippen molar-refractivity contribution < 1.29 is 4.79 Å². The van der Waals surface area contributed by atoms with Gasteiger partial charge in [0.1, 0.15) is 0 Å². The Bertz CT molecular complexity index is 346. The molecule has 14 heavy (non-hydrogen) atoms. The molecule has 0 fully saturated rings. The maximum atomic E-state index is 11.8. The zero-order chi connectivity index (χ0) is 10.7. The third-order valence-corrected chi connectivity index (χ3v) is 2.47. The van der Waals surface area contributed by atoms with E-state index in [0.29, 0.717) is 0 Å². The van der Waals surface area contributed by atoms with E-state index < -0.39 is 0 Å². The van der Waals surface area contributed by atoms with Crippen molar-refractivity contribution in [1.82, 2.24) is 0 Å². The molecule has 0 aromatic heterocycles. The van der Waals surface area contributed by atoms with Crippen LogP contribution in [0.1, 0.15) is 29.8 Å². The minimum atomic E-state index is -0.0855. The highest BCUT2D eigenvalue weighted by Gasteiger charge is 2.14. The number of rotatable bonds is 3. The third kappa shape index (κ3) is 2.32. The van der Waals surface area contributed by atoms with Crippen molar-refractivity contribution in [3.63, 3.8) is 0 Å². The van der Waals surface area contributed by atoms with Crippen molar-refractivity contribution in [2.75, 3.05) is 0 Å². The molecule has 0 radical (unpaired) electrons. The van der Waals surface area contributed by atoms with E-state index in [1.165, 1.54) is 5.56 Å². The summed E-state index contributed by atoms with van der Waals surface area (Å²) >= 11 is 0. The summed E-state index contributed by atoms with van der Waals surface area (Å²) in [5.74, 6) is 0.0650. The maximum Gasteiger partial charge on any atom is 0.169 e. The minimum absolute atomic E-state index is 0.0855. The lowest BCUT2D eigenvalue weighted by molar-refractivity contribution is 0.0948. The van der Waals surface area contributed by atoms with Gasteiger partial charge in [-0.15, -0.1) is 0 Å². The van der Waals surface area contributed by atoms with E-state index in [2.05, 4.69) is 6.58 Å². The van der Waals surface area contributed by atoms with Crippen LogP contribution in [0.15, 0.2) is 36.4 Å². The van der Waals surface area contributed by atoms with Crippen molar-refractivity contribution in [2.45, 2.75) is 20.8 Å². The molecule has 1 rings (SSSR count). The smallest absolute Gasteiger partial charge is 0.169 e. The van der Waals surface area contributed by atoms with Gasteiger partial charge in [-0.05, 0) is 13.8 Å². The van der Waals surface area contributed by atoms with Crippen LogP contribution in [0.2, 0.25) is 0 Å². The predicted molar refractivity (Wildman–Crippen MR) is 59.5 cm³/mol. The predicted octanol–water partition coefficient (Wildman–Crippen LogP) is 3.39. The molecule has 1 heteroatoms. The number of aryl methyl sites for hydroxylation is 1. The first-order chi connectivity index (χ1) is 6.52. The topological polar surface area (TPSA) is 17.1 Å². The molecule has 1 aromatic rings. The molecule has 1 aromatic carbocycles. The molecule has 1 nitrogen and oxygen atoms in total. The molecule has 0 saturated heterocycles. The average molecular weight is 188 g/mol. The van der Waals surface area contributed by atoms with Crippen LogP contribution in [-0.4, -0.2) is 5.78 Å². The highest BCUT2D eigenvalue weighted by molar-refractivity contribution is 5.99. The van der Waals surface area contributed by atoms with Crippen molar-refractivity contribution >= 4 is 5.78 Å². The Morgan fingerprint density at radius 1 is 1.29 bits per heavy atom. The Morgan fingerprint density at radius 2 is 1.79 bits per heavy atom. The maximum absolute atomic E-state index is 11.8. The summed E-state index contributed by atoms with van der Waals surface area (Å²) in [6, 6.07) is 7.66. The highest BCUT2D eigenvalue weighted by Crippen LogP contribution is 2.15. The van der Waals surface area contributed by atoms with Crippen LogP contribution in [-0.2, 0) is 0 Å². The number of benzene rings is 1. The van der Waals surface area contributed by atoms with Crippen LogP contribution < -0.4 is 0 Å². The summed E-state index contributed by atoms with van der Waals surface area (Å²) in [6.07, 6.45) is 0. The van der Waals surface area contributed by atoms with E-state index in [4.69, 9.17) is 0 Å². The normalized spacial score (nSPS) is 12.2. The number of hydrogen-bond donors (Lipinski definition) is 0. The molecular formula is C13H16O. The molecule has 0 spiro atoms. The van der Waals surface area contributed by atoms with Gasteiger partial charge in [0.15, 0.2) is 5.78 Å². The first-order valence-electron chi connectivity index (χ1n) is 4.78. The van der Waals surface area contributed by atoms with Crippen LogP contribution in [0.4, 0.5) is 0 Å². The summed E-state index contributed by atoms with van der Waals surface area (Å²) in [5.41, 5.74) is 2.85. The van der Waals surface area contributed by atoms with Crippen LogP contribution in [0.5, 0.6) is 0 Å². The van der Waals surface area contributed by atoms with E-state index in [9.17, 15) is 4.79 Å². The quantitative estimate of drug-likeness (QED) is 0.525. The molecule has 0 aliphatic carbocycles. The zero-order valence-electron chi connectivity index (χ0n) is 9.00. The number of Topliss-reactive ketones (excluding diaryl/α,β-unsaturated/α-hetero) is 1. The van der Waals surface area contributed by atoms with Crippen molar-refractivity contribution in [2.24, 2.45) is 5.92 Å². The summed E-state index contributed by atoms with van der Waals surface area (Å²) in [5, 5.41) is 0. The molecule has 1 atom stereocenters. The monoisotopic (exact) mass is 188 g/mol. The number of allylic oxidation sites excluding steroid dienone is 1. The first kappa shape index (κ1) is 10.7. The molecule has 0 bridgehead atoms. The molecule has 1 unspecified atom stereocenters. The lowest BCUT2D eigenvalue weighted by Crippen LogP contribution is -2.11. The van der Waals surface area contributed by atoms with Crippen LogP contribution in [0.25, 0.3) is 0 Å². The first-order valence-corrected chi connectivity index (χ1v) is 4.78. The lowest BCUT2D eigenvalue weighted by Gasteiger charge is -2.09. The second-order valence-corrected chi connectivity index (χ2v) is 3.80. The molecule has 0 amide bonds. The van der Waals surface area contributed by atoms with E-state index in [1.807, 2.05) is 45.0 Å². The third-order valence-electron chi connectivity index (χ3n) is 2.47. The van der Waals surface area contributed by atoms with E-state index in [1.54, 1.807) is 0 Å². The van der Waals surface area contributed by atoms with E-state index in [-0.39, 0.29) is 11.7 Å². The number of carbonyl (C=O) groups excluding carboxylic acids is 1. The van der Waals surface area contributed by atoms with Gasteiger partial charge >= 0.3 is 0 Å². The van der Waals surface area contributed by atoms with E-state index >= 15 is 0 Å². The van der Waals surface area contributed by atoms with Gasteiger partial charge in [-0.3, -0.25) is 4.79 Å². The fourth-order valence-corrected chi connectivity index (χ4v) is 1.19. The Kier molecular flexibility index (Phi) is 3.23. The lowest BCUT2D eigenvalue weighted by atomic mass is 9.94. The van der Waals surface area contributed by atoms with Gasteiger partial charge in [-0.1, -0.05) is 48.9 Å². The van der Waals surface area contributed by atoms with Gasteiger partial charge in [-0.25, -0.2) is 0 Å². The Balaban J connectivity index is 2.90. The molecule has 0 aliphatic heterocycles. The van der Waals surface area contributed by atoms with Gasteiger partial charge in [0.2, 0.25) is 0 Å². The Hall–Kier alpha value is -1.37. The fourth-order valence-electron chi connectivity index (χ4n) is 1.19. The molecule has 0 heterocycles. The van der Waals surface area contributed by atoms with Crippen molar-refractivity contribution in [1.29, 1.82) is 0 Å². The van der Waals surface area contributed by atoms with Gasteiger partial charge < -0.3 is 0 Å². The number of hydrogen-bond acceptors (Lipinski definition) is 1. The van der Waals surface area contributed by atoms with Gasteiger partial charge in [-0.2, -0.15) is 0 Å². The minimum Gasteiger partial charge on any atom is -0.294 e. The summed E-state index contributed by atoms with van der Waals surface area (Å²) in [6.45, 7) is 9.59. The second-order valence-electron chi connectivity index (χ2n) is 3.80. The zero-order valence-corrected chi connectivity index (χ0v) is 9.00.